The van der Waals surface area contributed by atoms with Crippen molar-refractivity contribution >= 4 is 23.2 Å². The summed E-state index contributed by atoms with van der Waals surface area (Å²) in [5.41, 5.74) is 0.543. The van der Waals surface area contributed by atoms with Crippen LogP contribution in [0.4, 0.5) is 4.39 Å². The molecule has 0 aliphatic carbocycles. The highest BCUT2D eigenvalue weighted by Gasteiger charge is 2.26. The number of benzene rings is 1. The molecule has 1 aliphatic heterocycles. The van der Waals surface area contributed by atoms with Crippen LogP contribution in [-0.2, 0) is 0 Å². The Morgan fingerprint density at radius 1 is 1.31 bits per heavy atom. The summed E-state index contributed by atoms with van der Waals surface area (Å²) in [7, 11) is 0. The first-order chi connectivity index (χ1) is 7.74. The predicted molar refractivity (Wildman–Crippen MR) is 65.7 cm³/mol. The number of rotatable bonds is 3. The number of hydrogen-bond acceptors (Lipinski definition) is 1. The lowest BCUT2D eigenvalue weighted by molar-refractivity contribution is 0.260. The molecular formula is C12H14Cl2FN. The van der Waals surface area contributed by atoms with Crippen molar-refractivity contribution in [2.45, 2.75) is 18.9 Å². The second-order valence-corrected chi connectivity index (χ2v) is 4.76. The summed E-state index contributed by atoms with van der Waals surface area (Å²) in [6, 6.07) is 4.68. The van der Waals surface area contributed by atoms with Crippen LogP contribution in [0.1, 0.15) is 24.4 Å². The zero-order chi connectivity index (χ0) is 11.5. The average Bonchev–Trinajstić information content (AvgIpc) is 2.77. The van der Waals surface area contributed by atoms with Crippen molar-refractivity contribution in [2.24, 2.45) is 0 Å². The van der Waals surface area contributed by atoms with Crippen LogP contribution in [0.3, 0.4) is 0 Å². The summed E-state index contributed by atoms with van der Waals surface area (Å²) in [5, 5.41) is 0.470. The zero-order valence-corrected chi connectivity index (χ0v) is 10.4. The molecule has 0 radical (unpaired) electrons. The Labute approximate surface area is 105 Å². The molecule has 1 aliphatic rings. The molecule has 1 saturated heterocycles. The van der Waals surface area contributed by atoms with Crippen LogP contribution in [0.25, 0.3) is 0 Å². The van der Waals surface area contributed by atoms with Gasteiger partial charge in [-0.1, -0.05) is 17.7 Å². The molecule has 0 spiro atoms. The van der Waals surface area contributed by atoms with E-state index < -0.39 is 0 Å². The first-order valence-electron chi connectivity index (χ1n) is 5.48. The van der Waals surface area contributed by atoms with Crippen LogP contribution in [0.15, 0.2) is 18.2 Å². The van der Waals surface area contributed by atoms with E-state index in [2.05, 4.69) is 4.90 Å². The standard InChI is InChI=1S/C12H14Cl2FN/c13-8-11(16-6-1-2-7-16)12-9(14)4-3-5-10(12)15/h3-5,11H,1-2,6-8H2. The Balaban J connectivity index is 2.32. The Kier molecular flexibility index (Phi) is 4.06. The molecule has 16 heavy (non-hydrogen) atoms. The second-order valence-electron chi connectivity index (χ2n) is 4.05. The molecule has 2 rings (SSSR count). The summed E-state index contributed by atoms with van der Waals surface area (Å²) in [6.45, 7) is 1.95. The van der Waals surface area contributed by atoms with E-state index in [-0.39, 0.29) is 11.9 Å². The summed E-state index contributed by atoms with van der Waals surface area (Å²) in [6.07, 6.45) is 2.30. The van der Waals surface area contributed by atoms with Gasteiger partial charge < -0.3 is 0 Å². The largest absolute Gasteiger partial charge is 0.295 e. The third-order valence-electron chi connectivity index (χ3n) is 3.06. The molecular weight excluding hydrogens is 248 g/mol. The van der Waals surface area contributed by atoms with E-state index in [0.717, 1.165) is 25.9 Å². The van der Waals surface area contributed by atoms with E-state index in [1.807, 2.05) is 0 Å². The van der Waals surface area contributed by atoms with E-state index in [1.165, 1.54) is 6.07 Å². The SMILES string of the molecule is Fc1cccc(Cl)c1C(CCl)N1CCCC1. The molecule has 1 aromatic carbocycles. The van der Waals surface area contributed by atoms with Crippen LogP contribution in [0, 0.1) is 5.82 Å². The Morgan fingerprint density at radius 3 is 2.56 bits per heavy atom. The van der Waals surface area contributed by atoms with Crippen molar-refractivity contribution < 1.29 is 4.39 Å². The molecule has 0 N–H and O–H groups in total. The topological polar surface area (TPSA) is 3.24 Å². The molecule has 4 heteroatoms. The molecule has 0 saturated carbocycles. The van der Waals surface area contributed by atoms with Crippen molar-refractivity contribution in [3.8, 4) is 0 Å². The third kappa shape index (κ3) is 2.34. The van der Waals surface area contributed by atoms with Gasteiger partial charge in [-0.25, -0.2) is 4.39 Å². The van der Waals surface area contributed by atoms with Gasteiger partial charge in [-0.3, -0.25) is 4.90 Å². The summed E-state index contributed by atoms with van der Waals surface area (Å²) in [5.74, 6) is 0.116. The molecule has 1 aromatic rings. The number of halogens is 3. The number of alkyl halides is 1. The van der Waals surface area contributed by atoms with Crippen LogP contribution in [0.2, 0.25) is 5.02 Å². The zero-order valence-electron chi connectivity index (χ0n) is 8.93. The van der Waals surface area contributed by atoms with Gasteiger partial charge in [0.1, 0.15) is 5.82 Å². The van der Waals surface area contributed by atoms with Crippen molar-refractivity contribution in [3.63, 3.8) is 0 Å². The maximum Gasteiger partial charge on any atom is 0.129 e. The monoisotopic (exact) mass is 261 g/mol. The first kappa shape index (κ1) is 12.2. The number of nitrogens with zero attached hydrogens (tertiary/aromatic N) is 1. The van der Waals surface area contributed by atoms with E-state index in [9.17, 15) is 4.39 Å². The van der Waals surface area contributed by atoms with E-state index in [1.54, 1.807) is 12.1 Å². The third-order valence-corrected chi connectivity index (χ3v) is 3.68. The van der Waals surface area contributed by atoms with Gasteiger partial charge in [0.25, 0.3) is 0 Å². The van der Waals surface area contributed by atoms with E-state index in [4.69, 9.17) is 23.2 Å². The molecule has 1 atom stereocenters. The van der Waals surface area contributed by atoms with Gasteiger partial charge in [0.2, 0.25) is 0 Å². The van der Waals surface area contributed by atoms with Crippen molar-refractivity contribution in [3.05, 3.63) is 34.6 Å². The minimum Gasteiger partial charge on any atom is -0.295 e. The molecule has 0 amide bonds. The molecule has 88 valence electrons. The van der Waals surface area contributed by atoms with E-state index >= 15 is 0 Å². The maximum atomic E-state index is 13.8. The summed E-state index contributed by atoms with van der Waals surface area (Å²) >= 11 is 12.0. The van der Waals surface area contributed by atoms with Crippen molar-refractivity contribution in [1.29, 1.82) is 0 Å². The van der Waals surface area contributed by atoms with E-state index in [0.29, 0.717) is 16.5 Å². The fraction of sp³-hybridized carbons (Fsp3) is 0.500. The van der Waals surface area contributed by atoms with Crippen LogP contribution in [-0.4, -0.2) is 23.9 Å². The van der Waals surface area contributed by atoms with Gasteiger partial charge in [-0.05, 0) is 38.1 Å². The highest BCUT2D eigenvalue weighted by atomic mass is 35.5. The molecule has 1 fully saturated rings. The fourth-order valence-electron chi connectivity index (χ4n) is 2.24. The van der Waals surface area contributed by atoms with Crippen molar-refractivity contribution in [1.82, 2.24) is 4.90 Å². The highest BCUT2D eigenvalue weighted by molar-refractivity contribution is 6.31. The highest BCUT2D eigenvalue weighted by Crippen LogP contribution is 2.32. The molecule has 1 unspecified atom stereocenters. The van der Waals surface area contributed by atoms with Gasteiger partial charge in [0.05, 0.1) is 6.04 Å². The first-order valence-corrected chi connectivity index (χ1v) is 6.39. The fourth-order valence-corrected chi connectivity index (χ4v) is 2.88. The summed E-state index contributed by atoms with van der Waals surface area (Å²) in [4.78, 5) is 2.21. The normalized spacial score (nSPS) is 18.9. The minimum atomic E-state index is -0.259. The average molecular weight is 262 g/mol. The Hall–Kier alpha value is -0.310. The van der Waals surface area contributed by atoms with Gasteiger partial charge >= 0.3 is 0 Å². The number of likely N-dealkylation sites (tertiary alicyclic amines) is 1. The summed E-state index contributed by atoms with van der Waals surface area (Å²) < 4.78 is 13.8. The van der Waals surface area contributed by atoms with Gasteiger partial charge in [-0.2, -0.15) is 0 Å². The number of hydrogen-bond donors (Lipinski definition) is 0. The van der Waals surface area contributed by atoms with Crippen molar-refractivity contribution in [2.75, 3.05) is 19.0 Å². The van der Waals surface area contributed by atoms with Crippen LogP contribution in [0.5, 0.6) is 0 Å². The Bertz CT molecular complexity index is 344. The Morgan fingerprint density at radius 2 is 2.00 bits per heavy atom. The molecule has 1 nitrogen and oxygen atoms in total. The quantitative estimate of drug-likeness (QED) is 0.748. The predicted octanol–water partition coefficient (Wildman–Crippen LogP) is 3.85. The molecule has 1 heterocycles. The maximum absolute atomic E-state index is 13.8. The lowest BCUT2D eigenvalue weighted by Crippen LogP contribution is -2.27. The minimum absolute atomic E-state index is 0.0992. The molecule has 0 aromatic heterocycles. The lowest BCUT2D eigenvalue weighted by atomic mass is 10.1. The van der Waals surface area contributed by atoms with Gasteiger partial charge in [0, 0.05) is 16.5 Å². The van der Waals surface area contributed by atoms with Crippen LogP contribution < -0.4 is 0 Å². The lowest BCUT2D eigenvalue weighted by Gasteiger charge is -2.26. The van der Waals surface area contributed by atoms with Gasteiger partial charge in [-0.15, -0.1) is 11.6 Å². The smallest absolute Gasteiger partial charge is 0.129 e. The molecule has 0 bridgehead atoms. The van der Waals surface area contributed by atoms with Gasteiger partial charge in [0.15, 0.2) is 0 Å². The second kappa shape index (κ2) is 5.35. The van der Waals surface area contributed by atoms with Crippen LogP contribution >= 0.6 is 23.2 Å².